The van der Waals surface area contributed by atoms with Crippen molar-refractivity contribution in [2.75, 3.05) is 132 Å². The molecular weight excluding hydrogens is 1230 g/mol. The van der Waals surface area contributed by atoms with Crippen molar-refractivity contribution in [2.24, 2.45) is 5.92 Å². The molecule has 26 nitrogen and oxygen atoms in total. The fraction of sp³-hybridized carbons (Fsp3) is 0.929. The maximum atomic E-state index is 13.2. The quantitative estimate of drug-likeness (QED) is 0.0385. The summed E-state index contributed by atoms with van der Waals surface area (Å²) < 4.78 is 0. The fourth-order valence-corrected chi connectivity index (χ4v) is 11.3. The highest BCUT2D eigenvalue weighted by Gasteiger charge is 2.35. The molecule has 568 valence electrons. The van der Waals surface area contributed by atoms with Gasteiger partial charge in [0.15, 0.2) is 12.2 Å². The Labute approximate surface area is 578 Å². The predicted octanol–water partition coefficient (Wildman–Crippen LogP) is 1.61. The van der Waals surface area contributed by atoms with Crippen molar-refractivity contribution < 1.29 is 75.0 Å². The smallest absolute Gasteiger partial charge is 0.251 e. The maximum Gasteiger partial charge on any atom is 0.251 e. The van der Waals surface area contributed by atoms with Crippen LogP contribution in [0.4, 0.5) is 0 Å². The number of nitrogens with zero attached hydrogens (tertiary/aromatic N) is 1. The maximum absolute atomic E-state index is 13.2. The molecule has 0 spiro atoms. The molecule has 0 aromatic carbocycles. The van der Waals surface area contributed by atoms with E-state index < -0.39 is 79.8 Å². The monoisotopic (exact) mass is 1380 g/mol. The van der Waals surface area contributed by atoms with Gasteiger partial charge < -0.3 is 109 Å². The van der Waals surface area contributed by atoms with Crippen molar-refractivity contribution in [1.82, 2.24) is 58.1 Å². The Morgan fingerprint density at radius 1 is 0.312 bits per heavy atom. The third-order valence-corrected chi connectivity index (χ3v) is 17.7. The van der Waals surface area contributed by atoms with Crippen molar-refractivity contribution in [1.29, 1.82) is 0 Å². The SMILES string of the molecule is CNCCCNCCCCNCC(CCCCCCCNC(=O)CCCCCCCCCCCCCCCCCCCCCCCNC(=O)CCC(=O)N(CCNC(=O)[C@@H](O)[C@@H](O)[C@@H](O)[C@H](O)CO)CCNC(=O)[C@H](O)[C@@H](O)[C@H](O)[C@@H](O)CO)CNCCCCNCCCNC. The van der Waals surface area contributed by atoms with Crippen molar-refractivity contribution >= 4 is 29.5 Å². The molecule has 0 fully saturated rings. The number of nitrogens with one attached hydrogen (secondary N) is 10. The van der Waals surface area contributed by atoms with E-state index in [1.54, 1.807) is 0 Å². The second kappa shape index (κ2) is 67.5. The topological polar surface area (TPSA) is 411 Å². The first-order valence-corrected chi connectivity index (χ1v) is 37.7. The molecule has 26 heteroatoms. The number of hydrogen-bond donors (Lipinski definition) is 20. The largest absolute Gasteiger partial charge is 0.394 e. The molecule has 8 atom stereocenters. The third-order valence-electron chi connectivity index (χ3n) is 17.7. The summed E-state index contributed by atoms with van der Waals surface area (Å²) in [5.74, 6) is -2.38. The minimum Gasteiger partial charge on any atom is -0.394 e. The molecule has 0 heterocycles. The Hall–Kier alpha value is -3.29. The summed E-state index contributed by atoms with van der Waals surface area (Å²) in [7, 11) is 4.01. The van der Waals surface area contributed by atoms with E-state index in [2.05, 4.69) is 53.2 Å². The molecule has 0 aromatic rings. The van der Waals surface area contributed by atoms with Crippen LogP contribution in [0.15, 0.2) is 0 Å². The lowest BCUT2D eigenvalue weighted by Gasteiger charge is -2.27. The predicted molar refractivity (Wildman–Crippen MR) is 380 cm³/mol. The van der Waals surface area contributed by atoms with E-state index >= 15 is 0 Å². The summed E-state index contributed by atoms with van der Waals surface area (Å²) in [5, 5.41) is 129. The van der Waals surface area contributed by atoms with Crippen LogP contribution in [0, 0.1) is 5.92 Å². The van der Waals surface area contributed by atoms with Crippen molar-refractivity contribution in [3.05, 3.63) is 0 Å². The van der Waals surface area contributed by atoms with Gasteiger partial charge in [-0.15, -0.1) is 0 Å². The first kappa shape index (κ1) is 92.7. The average Bonchev–Trinajstić information content (AvgIpc) is 0.997. The highest BCUT2D eigenvalue weighted by atomic mass is 16.4. The highest BCUT2D eigenvalue weighted by molar-refractivity contribution is 5.84. The van der Waals surface area contributed by atoms with Crippen LogP contribution < -0.4 is 53.2 Å². The minimum absolute atomic E-state index is 0.165. The Bertz CT molecular complexity index is 1740. The molecule has 5 amide bonds. The standard InChI is InChI=1S/C70H143N11O15/c1-71-39-33-45-73-41-29-31-43-75-53-57(54-76-44-32-30-42-74-46-34-40-72-2)35-25-21-20-24-28-47-77-60(86)36-26-22-18-16-14-12-10-8-6-4-3-5-7-9-11-13-15-17-19-23-27-48-78-61(87)37-38-62(88)81(51-49-79-69(95)67(93)65(91)63(89)58(84)55-82)52-50-80-70(96)68(94)66(92)64(90)59(85)56-83/h57-59,63-68,71-76,82-85,89-94H,3-56H2,1-2H3,(H,77,86)(H,78,87)(H,79,95)(H,80,96)/t58-,59+,63+,64-,65-,66-,67+,68-/m0/s1. The molecule has 0 saturated heterocycles. The Morgan fingerprint density at radius 3 is 0.990 bits per heavy atom. The zero-order valence-electron chi connectivity index (χ0n) is 59.8. The third kappa shape index (κ3) is 54.5. The van der Waals surface area contributed by atoms with Gasteiger partial charge in [0.05, 0.1) is 13.2 Å². The van der Waals surface area contributed by atoms with E-state index in [-0.39, 0.29) is 50.8 Å². The van der Waals surface area contributed by atoms with Gasteiger partial charge in [0.1, 0.15) is 36.6 Å². The first-order valence-electron chi connectivity index (χ1n) is 37.7. The normalized spacial score (nSPS) is 14.2. The lowest BCUT2D eigenvalue weighted by Crippen LogP contribution is -2.53. The van der Waals surface area contributed by atoms with Gasteiger partial charge in [-0.2, -0.15) is 0 Å². The molecule has 96 heavy (non-hydrogen) atoms. The lowest BCUT2D eigenvalue weighted by molar-refractivity contribution is -0.149. The van der Waals surface area contributed by atoms with Crippen LogP contribution in [-0.2, 0) is 24.0 Å². The van der Waals surface area contributed by atoms with E-state index in [0.717, 1.165) is 122 Å². The van der Waals surface area contributed by atoms with Crippen molar-refractivity contribution in [3.8, 4) is 0 Å². The summed E-state index contributed by atoms with van der Waals surface area (Å²) in [6.07, 6.45) is 23.5. The Balaban J connectivity index is 4.06. The van der Waals surface area contributed by atoms with Crippen LogP contribution in [0.1, 0.15) is 231 Å². The van der Waals surface area contributed by atoms with Gasteiger partial charge in [-0.1, -0.05) is 148 Å². The molecule has 0 aliphatic heterocycles. The summed E-state index contributed by atoms with van der Waals surface area (Å²) in [6, 6.07) is 0. The van der Waals surface area contributed by atoms with Gasteiger partial charge in [0.2, 0.25) is 17.7 Å². The van der Waals surface area contributed by atoms with Gasteiger partial charge in [-0.25, -0.2) is 0 Å². The van der Waals surface area contributed by atoms with Crippen LogP contribution in [0.2, 0.25) is 0 Å². The van der Waals surface area contributed by atoms with Gasteiger partial charge in [-0.3, -0.25) is 24.0 Å². The number of aliphatic hydroxyl groups excluding tert-OH is 10. The van der Waals surface area contributed by atoms with Crippen LogP contribution >= 0.6 is 0 Å². The number of hydrogen-bond acceptors (Lipinski definition) is 21. The molecule has 20 N–H and O–H groups in total. The molecule has 0 unspecified atom stereocenters. The number of amides is 5. The molecule has 0 aliphatic carbocycles. The average molecular weight is 1380 g/mol. The van der Waals surface area contributed by atoms with Gasteiger partial charge in [0, 0.05) is 58.5 Å². The molecule has 0 aliphatic rings. The molecular formula is C70H143N11O15. The van der Waals surface area contributed by atoms with E-state index in [0.29, 0.717) is 18.9 Å². The first-order chi connectivity index (χ1) is 46.5. The molecule has 0 radical (unpaired) electrons. The van der Waals surface area contributed by atoms with Crippen LogP contribution in [0.3, 0.4) is 0 Å². The number of carbonyl (C=O) groups is 5. The Kier molecular flexibility index (Phi) is 65.2. The van der Waals surface area contributed by atoms with Gasteiger partial charge >= 0.3 is 0 Å². The number of carbonyl (C=O) groups excluding carboxylic acids is 5. The van der Waals surface area contributed by atoms with Crippen LogP contribution in [0.5, 0.6) is 0 Å². The second-order valence-corrected chi connectivity index (χ2v) is 26.3. The second-order valence-electron chi connectivity index (χ2n) is 26.3. The highest BCUT2D eigenvalue weighted by Crippen LogP contribution is 2.17. The number of unbranched alkanes of at least 4 members (excludes halogenated alkanes) is 26. The zero-order valence-corrected chi connectivity index (χ0v) is 59.8. The summed E-state index contributed by atoms with van der Waals surface area (Å²) >= 11 is 0. The summed E-state index contributed by atoms with van der Waals surface area (Å²) in [4.78, 5) is 64.4. The van der Waals surface area contributed by atoms with Crippen LogP contribution in [0.25, 0.3) is 0 Å². The number of rotatable bonds is 73. The molecule has 0 bridgehead atoms. The minimum atomic E-state index is -2.22. The summed E-state index contributed by atoms with van der Waals surface area (Å²) in [6.45, 7) is 9.14. The van der Waals surface area contributed by atoms with E-state index in [1.807, 2.05) is 14.1 Å². The van der Waals surface area contributed by atoms with E-state index in [1.165, 1.54) is 167 Å². The molecule has 0 aromatic heterocycles. The van der Waals surface area contributed by atoms with Crippen molar-refractivity contribution in [3.63, 3.8) is 0 Å². The zero-order chi connectivity index (χ0) is 70.9. The Morgan fingerprint density at radius 2 is 0.625 bits per heavy atom. The summed E-state index contributed by atoms with van der Waals surface area (Å²) in [5.41, 5.74) is 0. The van der Waals surface area contributed by atoms with E-state index in [4.69, 9.17) is 10.2 Å². The molecule has 0 rings (SSSR count). The van der Waals surface area contributed by atoms with E-state index in [9.17, 15) is 64.8 Å². The lowest BCUT2D eigenvalue weighted by atomic mass is 9.99. The molecule has 0 saturated carbocycles. The van der Waals surface area contributed by atoms with Gasteiger partial charge in [-0.05, 0) is 150 Å². The van der Waals surface area contributed by atoms with Crippen LogP contribution in [-0.4, -0.2) is 266 Å². The fourth-order valence-electron chi connectivity index (χ4n) is 11.3. The number of aliphatic hydroxyl groups is 10. The van der Waals surface area contributed by atoms with Crippen molar-refractivity contribution in [2.45, 2.75) is 280 Å². The van der Waals surface area contributed by atoms with Gasteiger partial charge in [0.25, 0.3) is 11.8 Å².